The Morgan fingerprint density at radius 3 is 2.42 bits per heavy atom. The van der Waals surface area contributed by atoms with E-state index >= 15 is 0 Å². The topological polar surface area (TPSA) is 53.2 Å². The Bertz CT molecular complexity index is 457. The molecule has 0 unspecified atom stereocenters. The van der Waals surface area contributed by atoms with Crippen LogP contribution in [0.2, 0.25) is 0 Å². The molecule has 0 saturated heterocycles. The second-order valence-corrected chi connectivity index (χ2v) is 4.96. The molecule has 0 bridgehead atoms. The van der Waals surface area contributed by atoms with Crippen molar-refractivity contribution in [3.63, 3.8) is 0 Å². The molecule has 0 heterocycles. The Morgan fingerprint density at radius 2 is 1.79 bits per heavy atom. The van der Waals surface area contributed by atoms with Crippen LogP contribution >= 0.6 is 12.2 Å². The first-order valence-electron chi connectivity index (χ1n) is 6.27. The minimum Gasteiger partial charge on any atom is -0.331 e. The number of benzene rings is 1. The molecule has 4 nitrogen and oxygen atoms in total. The van der Waals surface area contributed by atoms with Crippen LogP contribution in [0.5, 0.6) is 0 Å². The first-order chi connectivity index (χ1) is 9.15. The van der Waals surface area contributed by atoms with Crippen LogP contribution in [0.4, 0.5) is 10.1 Å². The van der Waals surface area contributed by atoms with Crippen molar-refractivity contribution in [2.75, 3.05) is 5.32 Å². The molecule has 1 aromatic carbocycles. The third-order valence-electron chi connectivity index (χ3n) is 3.13. The lowest BCUT2D eigenvalue weighted by atomic mass is 10.1. The second-order valence-electron chi connectivity index (χ2n) is 4.56. The van der Waals surface area contributed by atoms with Crippen LogP contribution in [0.15, 0.2) is 24.3 Å². The fourth-order valence-corrected chi connectivity index (χ4v) is 2.27. The number of halogens is 1. The van der Waals surface area contributed by atoms with Crippen molar-refractivity contribution >= 4 is 28.9 Å². The maximum atomic E-state index is 12.7. The standard InChI is InChI=1S/C13H16FN3OS/c14-10-5-7-11(8-6-10)15-13(19)17-16-12(18)9-3-1-2-4-9/h5-9H,1-4H2,(H,16,18)(H2,15,17,19). The zero-order valence-electron chi connectivity index (χ0n) is 10.4. The molecule has 0 atom stereocenters. The summed E-state index contributed by atoms with van der Waals surface area (Å²) in [5, 5.41) is 3.13. The third kappa shape index (κ3) is 4.17. The van der Waals surface area contributed by atoms with Crippen LogP contribution in [-0.4, -0.2) is 11.0 Å². The minimum absolute atomic E-state index is 0.0271. The molecule has 6 heteroatoms. The Morgan fingerprint density at radius 1 is 1.16 bits per heavy atom. The van der Waals surface area contributed by atoms with Gasteiger partial charge in [0.1, 0.15) is 5.82 Å². The van der Waals surface area contributed by atoms with E-state index in [1.807, 2.05) is 0 Å². The highest BCUT2D eigenvalue weighted by Gasteiger charge is 2.22. The van der Waals surface area contributed by atoms with Gasteiger partial charge in [0.2, 0.25) is 5.91 Å². The first-order valence-corrected chi connectivity index (χ1v) is 6.68. The van der Waals surface area contributed by atoms with Gasteiger partial charge >= 0.3 is 0 Å². The van der Waals surface area contributed by atoms with Gasteiger partial charge in [-0.1, -0.05) is 12.8 Å². The lowest BCUT2D eigenvalue weighted by molar-refractivity contribution is -0.125. The van der Waals surface area contributed by atoms with Gasteiger partial charge < -0.3 is 5.32 Å². The van der Waals surface area contributed by atoms with Gasteiger partial charge in [-0.15, -0.1) is 0 Å². The van der Waals surface area contributed by atoms with E-state index in [0.29, 0.717) is 5.69 Å². The van der Waals surface area contributed by atoms with Crippen LogP contribution in [0.1, 0.15) is 25.7 Å². The highest BCUT2D eigenvalue weighted by Crippen LogP contribution is 2.24. The van der Waals surface area contributed by atoms with Gasteiger partial charge in [0, 0.05) is 11.6 Å². The molecular weight excluding hydrogens is 265 g/mol. The summed E-state index contributed by atoms with van der Waals surface area (Å²) in [4.78, 5) is 11.7. The van der Waals surface area contributed by atoms with Gasteiger partial charge in [-0.2, -0.15) is 0 Å². The number of thiocarbonyl (C=S) groups is 1. The molecule has 19 heavy (non-hydrogen) atoms. The van der Waals surface area contributed by atoms with Crippen molar-refractivity contribution in [3.05, 3.63) is 30.1 Å². The van der Waals surface area contributed by atoms with E-state index in [9.17, 15) is 9.18 Å². The summed E-state index contributed by atoms with van der Waals surface area (Å²) in [5.41, 5.74) is 5.90. The molecule has 1 amide bonds. The van der Waals surface area contributed by atoms with Gasteiger partial charge in [-0.3, -0.25) is 15.6 Å². The largest absolute Gasteiger partial charge is 0.331 e. The molecule has 1 fully saturated rings. The van der Waals surface area contributed by atoms with Crippen molar-refractivity contribution in [1.82, 2.24) is 10.9 Å². The van der Waals surface area contributed by atoms with Crippen molar-refractivity contribution in [1.29, 1.82) is 0 Å². The summed E-state index contributed by atoms with van der Waals surface area (Å²) < 4.78 is 12.7. The molecule has 1 aromatic rings. The summed E-state index contributed by atoms with van der Waals surface area (Å²) in [6.45, 7) is 0. The highest BCUT2D eigenvalue weighted by atomic mass is 32.1. The van der Waals surface area contributed by atoms with Crippen molar-refractivity contribution < 1.29 is 9.18 Å². The summed E-state index contributed by atoms with van der Waals surface area (Å²) in [6, 6.07) is 5.81. The van der Waals surface area contributed by atoms with E-state index in [-0.39, 0.29) is 22.8 Å². The smallest absolute Gasteiger partial charge is 0.241 e. The van der Waals surface area contributed by atoms with Crippen LogP contribution < -0.4 is 16.2 Å². The van der Waals surface area contributed by atoms with E-state index in [1.165, 1.54) is 12.1 Å². The fourth-order valence-electron chi connectivity index (χ4n) is 2.10. The molecule has 1 aliphatic carbocycles. The number of hydrogen-bond acceptors (Lipinski definition) is 2. The van der Waals surface area contributed by atoms with Crippen molar-refractivity contribution in [3.8, 4) is 0 Å². The maximum absolute atomic E-state index is 12.7. The fraction of sp³-hybridized carbons (Fsp3) is 0.385. The Hall–Kier alpha value is -1.69. The number of carbonyl (C=O) groups excluding carboxylic acids is 1. The lowest BCUT2D eigenvalue weighted by Crippen LogP contribution is -2.45. The van der Waals surface area contributed by atoms with Crippen LogP contribution in [0, 0.1) is 11.7 Å². The van der Waals surface area contributed by atoms with Crippen LogP contribution in [0.25, 0.3) is 0 Å². The van der Waals surface area contributed by atoms with Crippen LogP contribution in [-0.2, 0) is 4.79 Å². The van der Waals surface area contributed by atoms with E-state index in [1.54, 1.807) is 12.1 Å². The highest BCUT2D eigenvalue weighted by molar-refractivity contribution is 7.80. The number of rotatable bonds is 2. The molecule has 102 valence electrons. The molecule has 1 aliphatic rings. The van der Waals surface area contributed by atoms with Gasteiger partial charge in [0.05, 0.1) is 0 Å². The van der Waals surface area contributed by atoms with E-state index in [4.69, 9.17) is 12.2 Å². The Balaban J connectivity index is 1.75. The molecular formula is C13H16FN3OS. The lowest BCUT2D eigenvalue weighted by Gasteiger charge is -2.14. The number of carbonyl (C=O) groups is 1. The van der Waals surface area contributed by atoms with E-state index < -0.39 is 0 Å². The van der Waals surface area contributed by atoms with E-state index in [0.717, 1.165) is 25.7 Å². The summed E-state index contributed by atoms with van der Waals surface area (Å²) in [7, 11) is 0. The van der Waals surface area contributed by atoms with Crippen LogP contribution in [0.3, 0.4) is 0 Å². The van der Waals surface area contributed by atoms with Crippen molar-refractivity contribution in [2.45, 2.75) is 25.7 Å². The Kier molecular flexibility index (Phi) is 4.68. The minimum atomic E-state index is -0.307. The van der Waals surface area contributed by atoms with Crippen molar-refractivity contribution in [2.24, 2.45) is 5.92 Å². The SMILES string of the molecule is O=C(NNC(=S)Nc1ccc(F)cc1)C1CCCC1. The third-order valence-corrected chi connectivity index (χ3v) is 3.33. The second kappa shape index (κ2) is 6.47. The van der Waals surface area contributed by atoms with Gasteiger partial charge in [-0.05, 0) is 49.3 Å². The Labute approximate surface area is 116 Å². The van der Waals surface area contributed by atoms with Gasteiger partial charge in [0.25, 0.3) is 0 Å². The predicted octanol–water partition coefficient (Wildman–Crippen LogP) is 2.33. The number of nitrogens with one attached hydrogen (secondary N) is 3. The summed E-state index contributed by atoms with van der Waals surface area (Å²) >= 11 is 5.03. The molecule has 2 rings (SSSR count). The van der Waals surface area contributed by atoms with Gasteiger partial charge in [0.15, 0.2) is 5.11 Å². The number of hydrogen-bond donors (Lipinski definition) is 3. The average Bonchev–Trinajstić information content (AvgIpc) is 2.93. The summed E-state index contributed by atoms with van der Waals surface area (Å²) in [5.74, 6) is -0.249. The number of anilines is 1. The molecule has 0 aromatic heterocycles. The van der Waals surface area contributed by atoms with Gasteiger partial charge in [-0.25, -0.2) is 4.39 Å². The molecule has 3 N–H and O–H groups in total. The average molecular weight is 281 g/mol. The molecule has 0 radical (unpaired) electrons. The maximum Gasteiger partial charge on any atom is 0.241 e. The van der Waals surface area contributed by atoms with E-state index in [2.05, 4.69) is 16.2 Å². The molecule has 1 saturated carbocycles. The predicted molar refractivity (Wildman–Crippen MR) is 75.9 cm³/mol. The molecule has 0 aliphatic heterocycles. The monoisotopic (exact) mass is 281 g/mol. The quantitative estimate of drug-likeness (QED) is 0.575. The summed E-state index contributed by atoms with van der Waals surface area (Å²) in [6.07, 6.45) is 4.09. The first kappa shape index (κ1) is 13.7. The molecule has 0 spiro atoms. The normalized spacial score (nSPS) is 15.0. The number of hydrazine groups is 1. The zero-order chi connectivity index (χ0) is 13.7. The number of amides is 1. The zero-order valence-corrected chi connectivity index (χ0v) is 11.2.